The van der Waals surface area contributed by atoms with Gasteiger partial charge in [0.25, 0.3) is 0 Å². The first-order chi connectivity index (χ1) is 12.2. The molecule has 0 amide bonds. The summed E-state index contributed by atoms with van der Waals surface area (Å²) in [5.41, 5.74) is 0.893. The zero-order valence-corrected chi connectivity index (χ0v) is 17.6. The monoisotopic (exact) mass is 471 g/mol. The van der Waals surface area contributed by atoms with E-state index in [-0.39, 0.29) is 35.9 Å². The van der Waals surface area contributed by atoms with Gasteiger partial charge in [-0.15, -0.1) is 24.0 Å². The molecule has 1 aromatic heterocycles. The van der Waals surface area contributed by atoms with E-state index in [1.807, 2.05) is 37.3 Å². The topological polar surface area (TPSA) is 67.1 Å². The van der Waals surface area contributed by atoms with Crippen LogP contribution in [0, 0.1) is 5.92 Å². The molecule has 3 rings (SSSR count). The van der Waals surface area contributed by atoms with Gasteiger partial charge in [0.2, 0.25) is 0 Å². The van der Waals surface area contributed by atoms with Gasteiger partial charge in [-0.1, -0.05) is 18.2 Å². The summed E-state index contributed by atoms with van der Waals surface area (Å²) in [6.07, 6.45) is 1.59. The molecule has 0 aliphatic carbocycles. The van der Waals surface area contributed by atoms with E-state index in [1.165, 1.54) is 0 Å². The lowest BCUT2D eigenvalue weighted by Gasteiger charge is -2.33. The molecule has 1 aliphatic rings. The number of nitrogens with one attached hydrogen (secondary N) is 1. The fourth-order valence-corrected chi connectivity index (χ4v) is 3.21. The number of aliphatic imine (C=N–C) groups is 1. The predicted molar refractivity (Wildman–Crippen MR) is 113 cm³/mol. The van der Waals surface area contributed by atoms with Crippen molar-refractivity contribution in [2.24, 2.45) is 10.9 Å². The van der Waals surface area contributed by atoms with E-state index in [0.29, 0.717) is 13.2 Å². The number of benzene rings is 1. The van der Waals surface area contributed by atoms with E-state index in [9.17, 15) is 4.79 Å². The SMILES string of the molecule is CCOC(=O)C1CCN(C(=NC)NCc2cc3ccccc3o2)CC1.I. The molecule has 1 N–H and O–H groups in total. The molecule has 1 saturated heterocycles. The van der Waals surface area contributed by atoms with E-state index in [0.717, 1.165) is 48.6 Å². The number of hydrogen-bond donors (Lipinski definition) is 1. The number of carbonyl (C=O) groups is 1. The zero-order valence-electron chi connectivity index (χ0n) is 15.2. The minimum Gasteiger partial charge on any atom is -0.466 e. The van der Waals surface area contributed by atoms with E-state index < -0.39 is 0 Å². The third kappa shape index (κ3) is 4.90. The standard InChI is InChI=1S/C19H25N3O3.HI/c1-3-24-18(23)14-8-10-22(11-9-14)19(20-2)21-13-16-12-15-6-4-5-7-17(15)25-16;/h4-7,12,14H,3,8-11,13H2,1-2H3,(H,20,21);1H. The molecule has 0 bridgehead atoms. The van der Waals surface area contributed by atoms with E-state index >= 15 is 0 Å². The van der Waals surface area contributed by atoms with Crippen LogP contribution in [-0.2, 0) is 16.1 Å². The van der Waals surface area contributed by atoms with Gasteiger partial charge >= 0.3 is 5.97 Å². The molecule has 0 radical (unpaired) electrons. The number of piperidine rings is 1. The second-order valence-electron chi connectivity index (χ2n) is 6.16. The third-order valence-corrected chi connectivity index (χ3v) is 4.52. The Morgan fingerprint density at radius 2 is 2.08 bits per heavy atom. The van der Waals surface area contributed by atoms with Crippen molar-refractivity contribution in [3.8, 4) is 0 Å². The second-order valence-corrected chi connectivity index (χ2v) is 6.16. The number of guanidine groups is 1. The number of esters is 1. The minimum atomic E-state index is -0.0765. The van der Waals surface area contributed by atoms with Gasteiger partial charge < -0.3 is 19.4 Å². The molecule has 2 aromatic rings. The van der Waals surface area contributed by atoms with Gasteiger partial charge in [-0.2, -0.15) is 0 Å². The molecule has 0 spiro atoms. The van der Waals surface area contributed by atoms with Gasteiger partial charge in [-0.3, -0.25) is 9.79 Å². The number of halogens is 1. The lowest BCUT2D eigenvalue weighted by molar-refractivity contribution is -0.149. The summed E-state index contributed by atoms with van der Waals surface area (Å²) in [7, 11) is 1.78. The molecule has 1 fully saturated rings. The largest absolute Gasteiger partial charge is 0.466 e. The Bertz CT molecular complexity index is 718. The van der Waals surface area contributed by atoms with Crippen molar-refractivity contribution in [2.75, 3.05) is 26.7 Å². The van der Waals surface area contributed by atoms with Crippen LogP contribution >= 0.6 is 24.0 Å². The fraction of sp³-hybridized carbons (Fsp3) is 0.474. The molecule has 0 atom stereocenters. The summed E-state index contributed by atoms with van der Waals surface area (Å²) >= 11 is 0. The normalized spacial score (nSPS) is 15.6. The van der Waals surface area contributed by atoms with Crippen molar-refractivity contribution in [3.05, 3.63) is 36.1 Å². The maximum absolute atomic E-state index is 11.8. The highest BCUT2D eigenvalue weighted by Gasteiger charge is 2.27. The Kier molecular flexibility index (Phi) is 7.74. The van der Waals surface area contributed by atoms with Crippen molar-refractivity contribution in [2.45, 2.75) is 26.3 Å². The first-order valence-electron chi connectivity index (χ1n) is 8.81. The molecule has 1 aliphatic heterocycles. The van der Waals surface area contributed by atoms with Crippen LogP contribution < -0.4 is 5.32 Å². The van der Waals surface area contributed by atoms with Crippen molar-refractivity contribution < 1.29 is 13.9 Å². The quantitative estimate of drug-likeness (QED) is 0.321. The molecule has 0 unspecified atom stereocenters. The Morgan fingerprint density at radius 3 is 2.73 bits per heavy atom. The van der Waals surface area contributed by atoms with Crippen LogP contribution in [0.5, 0.6) is 0 Å². The van der Waals surface area contributed by atoms with E-state index in [2.05, 4.69) is 15.2 Å². The average molecular weight is 471 g/mol. The first-order valence-corrected chi connectivity index (χ1v) is 8.81. The molecular formula is C19H26IN3O3. The molecule has 142 valence electrons. The van der Waals surface area contributed by atoms with Crippen LogP contribution in [0.25, 0.3) is 11.0 Å². The molecular weight excluding hydrogens is 445 g/mol. The Balaban J connectivity index is 0.00000243. The Labute approximate surface area is 171 Å². The highest BCUT2D eigenvalue weighted by Crippen LogP contribution is 2.20. The summed E-state index contributed by atoms with van der Waals surface area (Å²) in [5, 5.41) is 4.45. The number of nitrogens with zero attached hydrogens (tertiary/aromatic N) is 2. The fourth-order valence-electron chi connectivity index (χ4n) is 3.21. The van der Waals surface area contributed by atoms with Gasteiger partial charge in [0.1, 0.15) is 11.3 Å². The summed E-state index contributed by atoms with van der Waals surface area (Å²) in [5.74, 6) is 1.64. The number of furan rings is 1. The molecule has 2 heterocycles. The van der Waals surface area contributed by atoms with Crippen LogP contribution in [0.1, 0.15) is 25.5 Å². The summed E-state index contributed by atoms with van der Waals surface area (Å²) in [4.78, 5) is 18.4. The van der Waals surface area contributed by atoms with Crippen LogP contribution in [0.15, 0.2) is 39.7 Å². The predicted octanol–water partition coefficient (Wildman–Crippen LogP) is 3.40. The average Bonchev–Trinajstić information content (AvgIpc) is 3.06. The highest BCUT2D eigenvalue weighted by atomic mass is 127. The van der Waals surface area contributed by atoms with Crippen LogP contribution in [0.4, 0.5) is 0 Å². The number of hydrogen-bond acceptors (Lipinski definition) is 4. The van der Waals surface area contributed by atoms with Gasteiger partial charge in [0, 0.05) is 25.5 Å². The number of likely N-dealkylation sites (tertiary alicyclic amines) is 1. The lowest BCUT2D eigenvalue weighted by atomic mass is 9.97. The van der Waals surface area contributed by atoms with E-state index in [1.54, 1.807) is 7.05 Å². The molecule has 26 heavy (non-hydrogen) atoms. The Morgan fingerprint density at radius 1 is 1.35 bits per heavy atom. The van der Waals surface area contributed by atoms with Crippen molar-refractivity contribution >= 4 is 46.9 Å². The van der Waals surface area contributed by atoms with Gasteiger partial charge in [0.05, 0.1) is 19.1 Å². The zero-order chi connectivity index (χ0) is 17.6. The summed E-state index contributed by atoms with van der Waals surface area (Å²) in [6, 6.07) is 10.0. The number of rotatable bonds is 4. The van der Waals surface area contributed by atoms with Crippen LogP contribution in [-0.4, -0.2) is 43.6 Å². The highest BCUT2D eigenvalue weighted by molar-refractivity contribution is 14.0. The van der Waals surface area contributed by atoms with Gasteiger partial charge in [0.15, 0.2) is 5.96 Å². The van der Waals surface area contributed by atoms with E-state index in [4.69, 9.17) is 9.15 Å². The maximum atomic E-state index is 11.8. The molecule has 0 saturated carbocycles. The lowest BCUT2D eigenvalue weighted by Crippen LogP contribution is -2.46. The van der Waals surface area contributed by atoms with Crippen LogP contribution in [0.3, 0.4) is 0 Å². The molecule has 6 nitrogen and oxygen atoms in total. The van der Waals surface area contributed by atoms with Crippen molar-refractivity contribution in [1.29, 1.82) is 0 Å². The number of ether oxygens (including phenoxy) is 1. The molecule has 1 aromatic carbocycles. The maximum Gasteiger partial charge on any atom is 0.309 e. The number of para-hydroxylation sites is 1. The van der Waals surface area contributed by atoms with Crippen molar-refractivity contribution in [3.63, 3.8) is 0 Å². The molecule has 7 heteroatoms. The number of fused-ring (bicyclic) bond motifs is 1. The third-order valence-electron chi connectivity index (χ3n) is 4.52. The first kappa shape index (κ1) is 20.5. The number of carbonyl (C=O) groups excluding carboxylic acids is 1. The minimum absolute atomic E-state index is 0. The Hall–Kier alpha value is -1.77. The summed E-state index contributed by atoms with van der Waals surface area (Å²) < 4.78 is 11.0. The summed E-state index contributed by atoms with van der Waals surface area (Å²) in [6.45, 7) is 4.46. The smallest absolute Gasteiger partial charge is 0.309 e. The van der Waals surface area contributed by atoms with Crippen molar-refractivity contribution in [1.82, 2.24) is 10.2 Å². The van der Waals surface area contributed by atoms with Gasteiger partial charge in [-0.05, 0) is 31.9 Å². The second kappa shape index (κ2) is 9.80. The van der Waals surface area contributed by atoms with Gasteiger partial charge in [-0.25, -0.2) is 0 Å². The van der Waals surface area contributed by atoms with Crippen LogP contribution in [0.2, 0.25) is 0 Å².